The Hall–Kier alpha value is -0.780. The summed E-state index contributed by atoms with van der Waals surface area (Å²) in [7, 11) is 0. The molecule has 70 valence electrons. The van der Waals surface area contributed by atoms with E-state index in [-0.39, 0.29) is 0 Å². The average Bonchev–Trinajstić information content (AvgIpc) is 2.67. The molecule has 0 amide bonds. The maximum atomic E-state index is 2.31. The first-order chi connectivity index (χ1) is 6.42. The van der Waals surface area contributed by atoms with Crippen LogP contribution < -0.4 is 0 Å². The molecule has 0 aromatic carbocycles. The van der Waals surface area contributed by atoms with Gasteiger partial charge in [0.2, 0.25) is 0 Å². The molecule has 0 heteroatoms. The third-order valence-corrected chi connectivity index (χ3v) is 3.13. The van der Waals surface area contributed by atoms with Crippen molar-refractivity contribution in [1.82, 2.24) is 0 Å². The van der Waals surface area contributed by atoms with Crippen LogP contribution in [-0.2, 0) is 0 Å². The molecular formula is C13H18. The summed E-state index contributed by atoms with van der Waals surface area (Å²) in [4.78, 5) is 0. The Morgan fingerprint density at radius 2 is 1.92 bits per heavy atom. The molecule has 0 atom stereocenters. The summed E-state index contributed by atoms with van der Waals surface area (Å²) in [5, 5.41) is 0. The van der Waals surface area contributed by atoms with Crippen molar-refractivity contribution in [2.75, 3.05) is 0 Å². The van der Waals surface area contributed by atoms with Crippen molar-refractivity contribution in [1.29, 1.82) is 0 Å². The van der Waals surface area contributed by atoms with Crippen molar-refractivity contribution in [2.45, 2.75) is 45.4 Å². The highest BCUT2D eigenvalue weighted by atomic mass is 14.2. The van der Waals surface area contributed by atoms with Crippen LogP contribution in [0.3, 0.4) is 0 Å². The Labute approximate surface area is 81.0 Å². The first kappa shape index (κ1) is 8.80. The molecule has 2 rings (SSSR count). The number of hydrogen-bond donors (Lipinski definition) is 0. The average molecular weight is 174 g/mol. The third-order valence-electron chi connectivity index (χ3n) is 3.13. The van der Waals surface area contributed by atoms with E-state index in [9.17, 15) is 0 Å². The quantitative estimate of drug-likeness (QED) is 0.560. The minimum absolute atomic E-state index is 1.19. The molecular weight excluding hydrogens is 156 g/mol. The van der Waals surface area contributed by atoms with Crippen LogP contribution in [0, 0.1) is 0 Å². The molecule has 13 heavy (non-hydrogen) atoms. The van der Waals surface area contributed by atoms with E-state index < -0.39 is 0 Å². The second-order valence-corrected chi connectivity index (χ2v) is 3.98. The van der Waals surface area contributed by atoms with Crippen LogP contribution in [0.15, 0.2) is 34.9 Å². The predicted molar refractivity (Wildman–Crippen MR) is 57.6 cm³/mol. The summed E-state index contributed by atoms with van der Waals surface area (Å²) >= 11 is 0. The highest BCUT2D eigenvalue weighted by Crippen LogP contribution is 2.32. The van der Waals surface area contributed by atoms with Crippen molar-refractivity contribution in [3.8, 4) is 0 Å². The summed E-state index contributed by atoms with van der Waals surface area (Å²) in [6.07, 6.45) is 14.9. The van der Waals surface area contributed by atoms with E-state index in [1.165, 1.54) is 38.5 Å². The van der Waals surface area contributed by atoms with Gasteiger partial charge >= 0.3 is 0 Å². The largest absolute Gasteiger partial charge is 0.0627 e. The Morgan fingerprint density at radius 3 is 2.62 bits per heavy atom. The van der Waals surface area contributed by atoms with Gasteiger partial charge in [0.15, 0.2) is 0 Å². The second-order valence-electron chi connectivity index (χ2n) is 3.98. The summed E-state index contributed by atoms with van der Waals surface area (Å²) in [5.74, 6) is 0. The summed E-state index contributed by atoms with van der Waals surface area (Å²) in [6, 6.07) is 0. The van der Waals surface area contributed by atoms with Crippen LogP contribution in [-0.4, -0.2) is 0 Å². The molecule has 0 aliphatic heterocycles. The fraction of sp³-hybridized carbons (Fsp3) is 0.538. The number of allylic oxidation sites excluding steroid dienone is 6. The first-order valence-corrected chi connectivity index (χ1v) is 5.51. The van der Waals surface area contributed by atoms with Crippen molar-refractivity contribution in [2.24, 2.45) is 0 Å². The Kier molecular flexibility index (Phi) is 2.68. The lowest BCUT2D eigenvalue weighted by atomic mass is 9.89. The molecule has 0 aromatic heterocycles. The predicted octanol–water partition coefficient (Wildman–Crippen LogP) is 4.15. The van der Waals surface area contributed by atoms with Gasteiger partial charge in [-0.25, -0.2) is 0 Å². The van der Waals surface area contributed by atoms with E-state index >= 15 is 0 Å². The van der Waals surface area contributed by atoms with Gasteiger partial charge in [-0.15, -0.1) is 0 Å². The molecule has 0 unspecified atom stereocenters. The summed E-state index contributed by atoms with van der Waals surface area (Å²) in [6.45, 7) is 2.25. The highest BCUT2D eigenvalue weighted by molar-refractivity contribution is 5.51. The van der Waals surface area contributed by atoms with E-state index in [4.69, 9.17) is 0 Å². The van der Waals surface area contributed by atoms with Gasteiger partial charge in [0.05, 0.1) is 0 Å². The Bertz CT molecular complexity index is 268. The van der Waals surface area contributed by atoms with Crippen molar-refractivity contribution < 1.29 is 0 Å². The lowest BCUT2D eigenvalue weighted by molar-refractivity contribution is 0.595. The van der Waals surface area contributed by atoms with Crippen molar-refractivity contribution in [3.63, 3.8) is 0 Å². The van der Waals surface area contributed by atoms with E-state index in [1.807, 2.05) is 0 Å². The molecule has 0 N–H and O–H groups in total. The van der Waals surface area contributed by atoms with E-state index in [1.54, 1.807) is 16.7 Å². The van der Waals surface area contributed by atoms with Gasteiger partial charge in [0, 0.05) is 0 Å². The van der Waals surface area contributed by atoms with Crippen LogP contribution >= 0.6 is 0 Å². The zero-order valence-electron chi connectivity index (χ0n) is 8.47. The van der Waals surface area contributed by atoms with Crippen LogP contribution in [0.5, 0.6) is 0 Å². The van der Waals surface area contributed by atoms with Gasteiger partial charge < -0.3 is 0 Å². The first-order valence-electron chi connectivity index (χ1n) is 5.51. The second kappa shape index (κ2) is 3.95. The minimum Gasteiger partial charge on any atom is -0.0627 e. The zero-order valence-corrected chi connectivity index (χ0v) is 8.47. The zero-order chi connectivity index (χ0) is 9.10. The fourth-order valence-corrected chi connectivity index (χ4v) is 2.36. The molecule has 0 heterocycles. The van der Waals surface area contributed by atoms with Crippen LogP contribution in [0.4, 0.5) is 0 Å². The number of rotatable bonds is 1. The van der Waals surface area contributed by atoms with Gasteiger partial charge in [-0.3, -0.25) is 0 Å². The van der Waals surface area contributed by atoms with Gasteiger partial charge in [-0.2, -0.15) is 0 Å². The molecule has 1 saturated carbocycles. The topological polar surface area (TPSA) is 0 Å². The molecule has 0 radical (unpaired) electrons. The summed E-state index contributed by atoms with van der Waals surface area (Å²) < 4.78 is 0. The Morgan fingerprint density at radius 1 is 1.15 bits per heavy atom. The van der Waals surface area contributed by atoms with Gasteiger partial charge in [-0.05, 0) is 43.3 Å². The van der Waals surface area contributed by atoms with E-state index in [2.05, 4.69) is 25.2 Å². The van der Waals surface area contributed by atoms with Gasteiger partial charge in [0.1, 0.15) is 0 Å². The van der Waals surface area contributed by atoms with E-state index in [0.29, 0.717) is 0 Å². The molecule has 2 aliphatic carbocycles. The minimum atomic E-state index is 1.19. The molecule has 0 spiro atoms. The van der Waals surface area contributed by atoms with Gasteiger partial charge in [-0.1, -0.05) is 37.1 Å². The van der Waals surface area contributed by atoms with Crippen molar-refractivity contribution in [3.05, 3.63) is 34.9 Å². The maximum Gasteiger partial charge on any atom is -0.0233 e. The Balaban J connectivity index is 2.21. The molecule has 0 bridgehead atoms. The normalized spacial score (nSPS) is 22.4. The smallest absolute Gasteiger partial charge is 0.0233 e. The standard InChI is InChI=1S/C13H18/c1-2-11-9-6-10-13(11)12-7-4-3-5-8-12/h6,9-10H,2-5,7-8H2,1H3. The van der Waals surface area contributed by atoms with Crippen LogP contribution in [0.25, 0.3) is 0 Å². The summed E-state index contributed by atoms with van der Waals surface area (Å²) in [5.41, 5.74) is 4.84. The number of hydrogen-bond acceptors (Lipinski definition) is 0. The molecule has 1 fully saturated rings. The van der Waals surface area contributed by atoms with Gasteiger partial charge in [0.25, 0.3) is 0 Å². The maximum absolute atomic E-state index is 2.31. The van der Waals surface area contributed by atoms with Crippen LogP contribution in [0.2, 0.25) is 0 Å². The molecule has 0 nitrogen and oxygen atoms in total. The molecule has 0 saturated heterocycles. The highest BCUT2D eigenvalue weighted by Gasteiger charge is 2.13. The monoisotopic (exact) mass is 174 g/mol. The fourth-order valence-electron chi connectivity index (χ4n) is 2.36. The van der Waals surface area contributed by atoms with Crippen molar-refractivity contribution >= 4 is 0 Å². The lowest BCUT2D eigenvalue weighted by Crippen LogP contribution is -1.98. The molecule has 2 aliphatic rings. The molecule has 0 aromatic rings. The van der Waals surface area contributed by atoms with Crippen LogP contribution in [0.1, 0.15) is 45.4 Å². The SMILES string of the molecule is CCC1=CC=CC1=C1CCCCC1. The van der Waals surface area contributed by atoms with E-state index in [0.717, 1.165) is 0 Å². The lowest BCUT2D eigenvalue weighted by Gasteiger charge is -2.17. The third kappa shape index (κ3) is 1.77.